The van der Waals surface area contributed by atoms with Crippen molar-refractivity contribution in [2.24, 2.45) is 0 Å². The Bertz CT molecular complexity index is 334. The molecule has 4 heteroatoms. The summed E-state index contributed by atoms with van der Waals surface area (Å²) in [5.74, 6) is 0.996. The first kappa shape index (κ1) is 11.3. The molecule has 2 rings (SSSR count). The van der Waals surface area contributed by atoms with Crippen molar-refractivity contribution in [2.45, 2.75) is 32.7 Å². The van der Waals surface area contributed by atoms with Gasteiger partial charge in [-0.1, -0.05) is 0 Å². The predicted octanol–water partition coefficient (Wildman–Crippen LogP) is 1.36. The fourth-order valence-corrected chi connectivity index (χ4v) is 2.17. The lowest BCUT2D eigenvalue weighted by Gasteiger charge is -2.25. The Hall–Kier alpha value is -1.16. The molecule has 1 fully saturated rings. The van der Waals surface area contributed by atoms with Crippen molar-refractivity contribution >= 4 is 5.82 Å². The third-order valence-electron chi connectivity index (χ3n) is 3.09. The van der Waals surface area contributed by atoms with Crippen molar-refractivity contribution in [1.29, 1.82) is 0 Å². The van der Waals surface area contributed by atoms with Gasteiger partial charge in [0, 0.05) is 19.1 Å². The maximum atomic E-state index is 4.20. The van der Waals surface area contributed by atoms with Gasteiger partial charge in [-0.2, -0.15) is 5.10 Å². The van der Waals surface area contributed by atoms with E-state index in [-0.39, 0.29) is 0 Å². The molecule has 1 atom stereocenters. The van der Waals surface area contributed by atoms with Crippen LogP contribution in [0.3, 0.4) is 0 Å². The molecule has 16 heavy (non-hydrogen) atoms. The van der Waals surface area contributed by atoms with Crippen LogP contribution in [0.5, 0.6) is 0 Å². The summed E-state index contributed by atoms with van der Waals surface area (Å²) in [6.45, 7) is 7.39. The van der Waals surface area contributed by atoms with Crippen LogP contribution < -0.4 is 10.2 Å². The maximum Gasteiger partial charge on any atom is 0.151 e. The third kappa shape index (κ3) is 2.70. The lowest BCUT2D eigenvalue weighted by Crippen LogP contribution is -2.38. The minimum absolute atomic E-state index is 0.613. The minimum Gasteiger partial charge on any atom is -0.354 e. The number of likely N-dealkylation sites (N-methyl/N-ethyl adjacent to an activating group) is 1. The molecule has 0 spiro atoms. The molecule has 0 radical (unpaired) electrons. The predicted molar refractivity (Wildman–Crippen MR) is 65.7 cm³/mol. The molecular weight excluding hydrogens is 200 g/mol. The summed E-state index contributed by atoms with van der Waals surface area (Å²) in [6, 6.07) is 2.72. The molecule has 1 unspecified atom stereocenters. The molecule has 0 bridgehead atoms. The Morgan fingerprint density at radius 1 is 1.56 bits per heavy atom. The third-order valence-corrected chi connectivity index (χ3v) is 3.09. The van der Waals surface area contributed by atoms with Crippen LogP contribution in [0, 0.1) is 6.92 Å². The first-order valence-electron chi connectivity index (χ1n) is 6.07. The molecule has 1 saturated heterocycles. The molecule has 0 amide bonds. The number of hydrogen-bond acceptors (Lipinski definition) is 4. The van der Waals surface area contributed by atoms with Crippen molar-refractivity contribution in [3.8, 4) is 0 Å². The van der Waals surface area contributed by atoms with E-state index in [9.17, 15) is 0 Å². The number of aryl methyl sites for hydroxylation is 1. The molecule has 4 nitrogen and oxygen atoms in total. The summed E-state index contributed by atoms with van der Waals surface area (Å²) >= 11 is 0. The summed E-state index contributed by atoms with van der Waals surface area (Å²) < 4.78 is 0. The number of nitrogens with one attached hydrogen (secondary N) is 1. The Kier molecular flexibility index (Phi) is 3.72. The lowest BCUT2D eigenvalue weighted by molar-refractivity contribution is 0.582. The van der Waals surface area contributed by atoms with Gasteiger partial charge in [-0.3, -0.25) is 0 Å². The fourth-order valence-electron chi connectivity index (χ4n) is 2.17. The quantitative estimate of drug-likeness (QED) is 0.832. The van der Waals surface area contributed by atoms with Crippen molar-refractivity contribution in [3.05, 3.63) is 17.8 Å². The van der Waals surface area contributed by atoms with Gasteiger partial charge in [0.15, 0.2) is 5.82 Å². The van der Waals surface area contributed by atoms with E-state index < -0.39 is 0 Å². The van der Waals surface area contributed by atoms with Crippen LogP contribution in [-0.4, -0.2) is 35.9 Å². The molecule has 2 heterocycles. The van der Waals surface area contributed by atoms with Gasteiger partial charge in [-0.25, -0.2) is 0 Å². The zero-order chi connectivity index (χ0) is 11.4. The van der Waals surface area contributed by atoms with Gasteiger partial charge >= 0.3 is 0 Å². The van der Waals surface area contributed by atoms with Crippen molar-refractivity contribution in [3.63, 3.8) is 0 Å². The summed E-state index contributed by atoms with van der Waals surface area (Å²) in [5.41, 5.74) is 1.17. The van der Waals surface area contributed by atoms with Gasteiger partial charge in [-0.15, -0.1) is 5.10 Å². The first-order chi connectivity index (χ1) is 7.79. The highest BCUT2D eigenvalue weighted by Crippen LogP contribution is 2.14. The Morgan fingerprint density at radius 3 is 3.06 bits per heavy atom. The average molecular weight is 220 g/mol. The molecule has 88 valence electrons. The van der Waals surface area contributed by atoms with E-state index in [1.54, 1.807) is 6.20 Å². The molecule has 1 aliphatic heterocycles. The Labute approximate surface area is 97.1 Å². The van der Waals surface area contributed by atoms with Crippen LogP contribution in [0.4, 0.5) is 5.82 Å². The molecule has 0 aliphatic carbocycles. The van der Waals surface area contributed by atoms with E-state index in [0.29, 0.717) is 6.04 Å². The van der Waals surface area contributed by atoms with E-state index in [1.807, 2.05) is 0 Å². The number of aromatic nitrogens is 2. The van der Waals surface area contributed by atoms with Crippen LogP contribution >= 0.6 is 0 Å². The monoisotopic (exact) mass is 220 g/mol. The van der Waals surface area contributed by atoms with E-state index in [4.69, 9.17) is 0 Å². The smallest absolute Gasteiger partial charge is 0.151 e. The Balaban J connectivity index is 2.03. The highest BCUT2D eigenvalue weighted by molar-refractivity contribution is 5.39. The van der Waals surface area contributed by atoms with Crippen LogP contribution in [0.25, 0.3) is 0 Å². The molecule has 1 aromatic heterocycles. The number of rotatable bonds is 4. The lowest BCUT2D eigenvalue weighted by atomic mass is 10.2. The van der Waals surface area contributed by atoms with Crippen molar-refractivity contribution in [1.82, 2.24) is 15.5 Å². The van der Waals surface area contributed by atoms with Crippen LogP contribution in [0.15, 0.2) is 12.3 Å². The van der Waals surface area contributed by atoms with Gasteiger partial charge in [0.1, 0.15) is 0 Å². The van der Waals surface area contributed by atoms with E-state index in [2.05, 4.69) is 40.3 Å². The summed E-state index contributed by atoms with van der Waals surface area (Å²) in [5, 5.41) is 11.7. The topological polar surface area (TPSA) is 41.0 Å². The molecule has 1 aromatic rings. The zero-order valence-electron chi connectivity index (χ0n) is 10.1. The van der Waals surface area contributed by atoms with Crippen molar-refractivity contribution < 1.29 is 0 Å². The SMILES string of the molecule is CCN(CC1CCCN1)c1cc(C)cnn1. The average Bonchev–Trinajstić information content (AvgIpc) is 2.78. The minimum atomic E-state index is 0.613. The maximum absolute atomic E-state index is 4.20. The second-order valence-corrected chi connectivity index (χ2v) is 4.42. The van der Waals surface area contributed by atoms with E-state index in [0.717, 1.165) is 25.5 Å². The number of anilines is 1. The summed E-state index contributed by atoms with van der Waals surface area (Å²) in [4.78, 5) is 2.29. The molecule has 0 aromatic carbocycles. The molecular formula is C12H20N4. The van der Waals surface area contributed by atoms with Crippen molar-refractivity contribution in [2.75, 3.05) is 24.5 Å². The largest absolute Gasteiger partial charge is 0.354 e. The molecule has 1 N–H and O–H groups in total. The summed E-state index contributed by atoms with van der Waals surface area (Å²) in [7, 11) is 0. The van der Waals surface area contributed by atoms with Gasteiger partial charge in [-0.05, 0) is 44.9 Å². The van der Waals surface area contributed by atoms with E-state index in [1.165, 1.54) is 18.4 Å². The zero-order valence-corrected chi connectivity index (χ0v) is 10.1. The van der Waals surface area contributed by atoms with Crippen LogP contribution in [-0.2, 0) is 0 Å². The summed E-state index contributed by atoms with van der Waals surface area (Å²) in [6.07, 6.45) is 4.36. The van der Waals surface area contributed by atoms with Gasteiger partial charge in [0.05, 0.1) is 6.20 Å². The van der Waals surface area contributed by atoms with Crippen LogP contribution in [0.2, 0.25) is 0 Å². The number of nitrogens with zero attached hydrogens (tertiary/aromatic N) is 3. The van der Waals surface area contributed by atoms with Gasteiger partial charge < -0.3 is 10.2 Å². The highest BCUT2D eigenvalue weighted by Gasteiger charge is 2.18. The standard InChI is InChI=1S/C12H20N4/c1-3-16(9-11-5-4-6-13-11)12-7-10(2)8-14-15-12/h7-8,11,13H,3-6,9H2,1-2H3. The van der Waals surface area contributed by atoms with Gasteiger partial charge in [0.25, 0.3) is 0 Å². The van der Waals surface area contributed by atoms with E-state index >= 15 is 0 Å². The van der Waals surface area contributed by atoms with Gasteiger partial charge in [0.2, 0.25) is 0 Å². The second kappa shape index (κ2) is 5.25. The number of hydrogen-bond donors (Lipinski definition) is 1. The first-order valence-corrected chi connectivity index (χ1v) is 6.07. The second-order valence-electron chi connectivity index (χ2n) is 4.42. The molecule has 1 aliphatic rings. The molecule has 0 saturated carbocycles. The normalized spacial score (nSPS) is 20.0. The fraction of sp³-hybridized carbons (Fsp3) is 0.667. The highest BCUT2D eigenvalue weighted by atomic mass is 15.3. The Morgan fingerprint density at radius 2 is 2.44 bits per heavy atom. The van der Waals surface area contributed by atoms with Crippen LogP contribution in [0.1, 0.15) is 25.3 Å².